The number of para-hydroxylation sites is 2. The molecule has 0 unspecified atom stereocenters. The number of nitrogens with zero attached hydrogens (tertiary/aromatic N) is 1. The van der Waals surface area contributed by atoms with Crippen LogP contribution in [-0.4, -0.2) is 7.05 Å². The third kappa shape index (κ3) is 3.12. The van der Waals surface area contributed by atoms with Crippen molar-refractivity contribution in [2.24, 2.45) is 0 Å². The van der Waals surface area contributed by atoms with Crippen molar-refractivity contribution in [2.75, 3.05) is 11.9 Å². The van der Waals surface area contributed by atoms with Gasteiger partial charge in [0.15, 0.2) is 0 Å². The number of anilines is 2. The second-order valence-corrected chi connectivity index (χ2v) is 5.15. The Hall–Kier alpha value is -2.74. The Balaban J connectivity index is 2.07. The van der Waals surface area contributed by atoms with Gasteiger partial charge in [-0.25, -0.2) is 0 Å². The molecule has 22 heavy (non-hydrogen) atoms. The Labute approximate surface area is 132 Å². The minimum absolute atomic E-state index is 0.925. The topological polar surface area (TPSA) is 15.3 Å². The van der Waals surface area contributed by atoms with Crippen molar-refractivity contribution in [3.8, 4) is 0 Å². The predicted octanol–water partition coefficient (Wildman–Crippen LogP) is 4.77. The van der Waals surface area contributed by atoms with Gasteiger partial charge < -0.3 is 10.2 Å². The van der Waals surface area contributed by atoms with Gasteiger partial charge in [0, 0.05) is 36.2 Å². The van der Waals surface area contributed by atoms with E-state index in [1.165, 1.54) is 5.70 Å². The SMILES string of the molecule is CNC1=CC=C(N(c2ccccc2)c2ccccc2)C=CC1. The van der Waals surface area contributed by atoms with Crippen LogP contribution in [0.3, 0.4) is 0 Å². The Morgan fingerprint density at radius 1 is 0.818 bits per heavy atom. The van der Waals surface area contributed by atoms with Gasteiger partial charge in [-0.2, -0.15) is 0 Å². The van der Waals surface area contributed by atoms with Crippen LogP contribution in [0.15, 0.2) is 96.4 Å². The first-order chi connectivity index (χ1) is 10.9. The standard InChI is InChI=1S/C20H20N2/c1-21-17-9-8-14-20(16-15-17)22(18-10-4-2-5-11-18)19-12-6-3-7-13-19/h2-8,10-16,21H,9H2,1H3. The normalized spacial score (nSPS) is 13.9. The zero-order valence-corrected chi connectivity index (χ0v) is 12.7. The van der Waals surface area contributed by atoms with Crippen LogP contribution in [0, 0.1) is 0 Å². The van der Waals surface area contributed by atoms with E-state index in [0.717, 1.165) is 23.5 Å². The lowest BCUT2D eigenvalue weighted by Crippen LogP contribution is -2.14. The van der Waals surface area contributed by atoms with Crippen LogP contribution < -0.4 is 10.2 Å². The molecule has 2 aromatic carbocycles. The van der Waals surface area contributed by atoms with Crippen molar-refractivity contribution in [3.05, 3.63) is 96.4 Å². The monoisotopic (exact) mass is 288 g/mol. The van der Waals surface area contributed by atoms with Gasteiger partial charge in [0.1, 0.15) is 0 Å². The van der Waals surface area contributed by atoms with E-state index < -0.39 is 0 Å². The van der Waals surface area contributed by atoms with Gasteiger partial charge >= 0.3 is 0 Å². The molecule has 0 aromatic heterocycles. The molecule has 0 fully saturated rings. The Morgan fingerprint density at radius 3 is 1.95 bits per heavy atom. The lowest BCUT2D eigenvalue weighted by molar-refractivity contribution is 0.941. The summed E-state index contributed by atoms with van der Waals surface area (Å²) < 4.78 is 0. The number of rotatable bonds is 4. The molecule has 0 bridgehead atoms. The summed E-state index contributed by atoms with van der Waals surface area (Å²) in [6.07, 6.45) is 9.61. The summed E-state index contributed by atoms with van der Waals surface area (Å²) in [5, 5.41) is 3.23. The van der Waals surface area contributed by atoms with Crippen molar-refractivity contribution < 1.29 is 0 Å². The first-order valence-corrected chi connectivity index (χ1v) is 7.54. The minimum Gasteiger partial charge on any atom is -0.391 e. The summed E-state index contributed by atoms with van der Waals surface area (Å²) in [6.45, 7) is 0. The largest absolute Gasteiger partial charge is 0.391 e. The van der Waals surface area contributed by atoms with Crippen molar-refractivity contribution >= 4 is 11.4 Å². The number of nitrogens with one attached hydrogen (secondary N) is 1. The first kappa shape index (κ1) is 14.2. The highest BCUT2D eigenvalue weighted by molar-refractivity contribution is 5.70. The van der Waals surface area contributed by atoms with Crippen molar-refractivity contribution in [1.29, 1.82) is 0 Å². The molecule has 2 aromatic rings. The van der Waals surface area contributed by atoms with Crippen LogP contribution in [0.1, 0.15) is 6.42 Å². The van der Waals surface area contributed by atoms with E-state index in [4.69, 9.17) is 0 Å². The molecule has 0 amide bonds. The fraction of sp³-hybridized carbons (Fsp3) is 0.100. The van der Waals surface area contributed by atoms with Crippen LogP contribution in [0.2, 0.25) is 0 Å². The maximum absolute atomic E-state index is 3.23. The maximum Gasteiger partial charge on any atom is 0.0461 e. The average Bonchev–Trinajstić information content (AvgIpc) is 2.83. The van der Waals surface area contributed by atoms with E-state index >= 15 is 0 Å². The number of benzene rings is 2. The number of hydrogen-bond donors (Lipinski definition) is 1. The summed E-state index contributed by atoms with van der Waals surface area (Å²) in [7, 11) is 1.96. The summed E-state index contributed by atoms with van der Waals surface area (Å²) in [5.74, 6) is 0. The number of allylic oxidation sites excluding steroid dienone is 4. The second-order valence-electron chi connectivity index (χ2n) is 5.15. The van der Waals surface area contributed by atoms with E-state index in [9.17, 15) is 0 Å². The van der Waals surface area contributed by atoms with Gasteiger partial charge in [-0.15, -0.1) is 0 Å². The quantitative estimate of drug-likeness (QED) is 0.871. The first-order valence-electron chi connectivity index (χ1n) is 7.54. The van der Waals surface area contributed by atoms with E-state index in [2.05, 4.69) is 83.1 Å². The van der Waals surface area contributed by atoms with Gasteiger partial charge in [0.2, 0.25) is 0 Å². The zero-order valence-electron chi connectivity index (χ0n) is 12.7. The van der Waals surface area contributed by atoms with E-state index in [-0.39, 0.29) is 0 Å². The van der Waals surface area contributed by atoms with Crippen molar-refractivity contribution in [2.45, 2.75) is 6.42 Å². The van der Waals surface area contributed by atoms with E-state index in [0.29, 0.717) is 0 Å². The van der Waals surface area contributed by atoms with Gasteiger partial charge in [-0.05, 0) is 42.5 Å². The summed E-state index contributed by atoms with van der Waals surface area (Å²) in [5.41, 5.74) is 4.69. The summed E-state index contributed by atoms with van der Waals surface area (Å²) >= 11 is 0. The Morgan fingerprint density at radius 2 is 1.41 bits per heavy atom. The molecule has 0 heterocycles. The number of hydrogen-bond acceptors (Lipinski definition) is 2. The van der Waals surface area contributed by atoms with Crippen LogP contribution >= 0.6 is 0 Å². The van der Waals surface area contributed by atoms with E-state index in [1.54, 1.807) is 0 Å². The van der Waals surface area contributed by atoms with Crippen LogP contribution in [0.25, 0.3) is 0 Å². The maximum atomic E-state index is 3.23. The van der Waals surface area contributed by atoms with Gasteiger partial charge in [0.05, 0.1) is 0 Å². The molecule has 0 aliphatic heterocycles. The molecular weight excluding hydrogens is 268 g/mol. The van der Waals surface area contributed by atoms with Crippen LogP contribution in [0.4, 0.5) is 11.4 Å². The van der Waals surface area contributed by atoms with Crippen molar-refractivity contribution in [3.63, 3.8) is 0 Å². The van der Waals surface area contributed by atoms with Crippen LogP contribution in [-0.2, 0) is 0 Å². The highest BCUT2D eigenvalue weighted by Crippen LogP contribution is 2.30. The molecule has 2 heteroatoms. The van der Waals surface area contributed by atoms with E-state index in [1.807, 2.05) is 19.2 Å². The molecule has 0 atom stereocenters. The average molecular weight is 288 g/mol. The smallest absolute Gasteiger partial charge is 0.0461 e. The third-order valence-corrected chi connectivity index (χ3v) is 3.69. The highest BCUT2D eigenvalue weighted by Gasteiger charge is 2.12. The Bertz CT molecular complexity index is 658. The lowest BCUT2D eigenvalue weighted by Gasteiger charge is -2.26. The fourth-order valence-corrected chi connectivity index (χ4v) is 2.55. The van der Waals surface area contributed by atoms with Crippen molar-refractivity contribution in [1.82, 2.24) is 5.32 Å². The fourth-order valence-electron chi connectivity index (χ4n) is 2.55. The summed E-state index contributed by atoms with van der Waals surface area (Å²) in [6, 6.07) is 20.9. The molecule has 2 nitrogen and oxygen atoms in total. The predicted molar refractivity (Wildman–Crippen MR) is 94.0 cm³/mol. The minimum atomic E-state index is 0.925. The molecule has 1 aliphatic carbocycles. The molecule has 0 spiro atoms. The molecule has 1 N–H and O–H groups in total. The third-order valence-electron chi connectivity index (χ3n) is 3.69. The molecule has 0 saturated heterocycles. The zero-order chi connectivity index (χ0) is 15.2. The van der Waals surface area contributed by atoms with Gasteiger partial charge in [-0.3, -0.25) is 0 Å². The Kier molecular flexibility index (Phi) is 4.40. The summed E-state index contributed by atoms with van der Waals surface area (Å²) in [4.78, 5) is 2.27. The molecule has 1 aliphatic rings. The molecule has 3 rings (SSSR count). The van der Waals surface area contributed by atoms with Crippen LogP contribution in [0.5, 0.6) is 0 Å². The molecule has 110 valence electrons. The van der Waals surface area contributed by atoms with Gasteiger partial charge in [-0.1, -0.05) is 42.5 Å². The van der Waals surface area contributed by atoms with Gasteiger partial charge in [0.25, 0.3) is 0 Å². The molecule has 0 saturated carbocycles. The lowest BCUT2D eigenvalue weighted by atomic mass is 10.2. The second kappa shape index (κ2) is 6.81. The highest BCUT2D eigenvalue weighted by atomic mass is 15.1. The molecule has 0 radical (unpaired) electrons. The molecular formula is C20H20N2.